The Balaban J connectivity index is 0.000000185. The number of primary amides is 1. The molecule has 3 nitrogen and oxygen atoms in total. The second-order valence-corrected chi connectivity index (χ2v) is 3.42. The van der Waals surface area contributed by atoms with Gasteiger partial charge in [0.2, 0.25) is 0 Å². The summed E-state index contributed by atoms with van der Waals surface area (Å²) in [5.41, 5.74) is 5.16. The van der Waals surface area contributed by atoms with E-state index >= 15 is 0 Å². The van der Waals surface area contributed by atoms with Crippen LogP contribution < -0.4 is 10.5 Å². The van der Waals surface area contributed by atoms with E-state index in [0.717, 1.165) is 18.8 Å². The predicted octanol–water partition coefficient (Wildman–Crippen LogP) is 2.05. The van der Waals surface area contributed by atoms with Gasteiger partial charge in [-0.25, -0.2) is 0 Å². The van der Waals surface area contributed by atoms with E-state index in [4.69, 9.17) is 9.53 Å². The van der Waals surface area contributed by atoms with Crippen molar-refractivity contribution in [3.63, 3.8) is 0 Å². The lowest BCUT2D eigenvalue weighted by molar-refractivity contribution is -0.169. The second-order valence-electron chi connectivity index (χ2n) is 3.42. The molecular weight excluding hydrogens is 235 g/mol. The number of nitrogens with two attached hydrogens (primary N) is 1. The molecule has 0 atom stereocenters. The van der Waals surface area contributed by atoms with Gasteiger partial charge in [0.25, 0.3) is 0 Å². The molecule has 2 rings (SSSR count). The van der Waals surface area contributed by atoms with Crippen LogP contribution in [-0.2, 0) is 11.2 Å². The molecule has 1 aliphatic heterocycles. The molecule has 0 unspecified atom stereocenters. The quantitative estimate of drug-likeness (QED) is 0.762. The highest BCUT2D eigenvalue weighted by Gasteiger charge is 2.35. The van der Waals surface area contributed by atoms with Crippen LogP contribution in [0.4, 0.5) is 13.2 Å². The summed E-state index contributed by atoms with van der Waals surface area (Å²) in [7, 11) is 0. The lowest BCUT2D eigenvalue weighted by Gasteiger charge is -2.15. The molecule has 94 valence electrons. The van der Waals surface area contributed by atoms with Crippen LogP contribution in [0.3, 0.4) is 0 Å². The normalized spacial score (nSPS) is 13.8. The van der Waals surface area contributed by atoms with Crippen molar-refractivity contribution in [3.05, 3.63) is 29.8 Å². The van der Waals surface area contributed by atoms with Crippen LogP contribution in [0.5, 0.6) is 5.75 Å². The highest BCUT2D eigenvalue weighted by molar-refractivity contribution is 5.79. The van der Waals surface area contributed by atoms with E-state index in [9.17, 15) is 13.2 Å². The molecule has 1 aliphatic rings. The van der Waals surface area contributed by atoms with Gasteiger partial charge >= 0.3 is 12.1 Å². The average Bonchev–Trinajstić information content (AvgIpc) is 2.29. The second kappa shape index (κ2) is 5.56. The number of alkyl halides is 3. The zero-order chi connectivity index (χ0) is 12.9. The summed E-state index contributed by atoms with van der Waals surface area (Å²) in [5, 5.41) is 0. The van der Waals surface area contributed by atoms with Gasteiger partial charge in [0.05, 0.1) is 6.61 Å². The molecule has 0 aliphatic carbocycles. The fourth-order valence-electron chi connectivity index (χ4n) is 1.30. The molecule has 0 spiro atoms. The molecule has 6 heteroatoms. The fourth-order valence-corrected chi connectivity index (χ4v) is 1.30. The highest BCUT2D eigenvalue weighted by atomic mass is 19.4. The van der Waals surface area contributed by atoms with Crippen LogP contribution in [-0.4, -0.2) is 18.7 Å². The number of hydrogen-bond donors (Lipinski definition) is 1. The van der Waals surface area contributed by atoms with E-state index in [1.165, 1.54) is 12.0 Å². The molecule has 0 bridgehead atoms. The minimum absolute atomic E-state index is 0.886. The lowest BCUT2D eigenvalue weighted by Crippen LogP contribution is -2.30. The summed E-state index contributed by atoms with van der Waals surface area (Å²) in [6.07, 6.45) is -2.52. The Labute approximate surface area is 96.4 Å². The Bertz CT molecular complexity index is 366. The molecule has 0 aromatic heterocycles. The van der Waals surface area contributed by atoms with E-state index in [0.29, 0.717) is 0 Å². The Morgan fingerprint density at radius 1 is 1.29 bits per heavy atom. The summed E-state index contributed by atoms with van der Waals surface area (Å²) < 4.78 is 37.5. The largest absolute Gasteiger partial charge is 0.493 e. The van der Waals surface area contributed by atoms with Crippen LogP contribution in [0.25, 0.3) is 0 Å². The average molecular weight is 247 g/mol. The maximum atomic E-state index is 10.7. The maximum absolute atomic E-state index is 10.7. The molecule has 0 radical (unpaired) electrons. The van der Waals surface area contributed by atoms with Crippen molar-refractivity contribution in [2.75, 3.05) is 6.61 Å². The minimum atomic E-state index is -4.86. The van der Waals surface area contributed by atoms with Crippen molar-refractivity contribution in [3.8, 4) is 5.75 Å². The zero-order valence-corrected chi connectivity index (χ0v) is 8.96. The number of rotatable bonds is 0. The monoisotopic (exact) mass is 247 g/mol. The van der Waals surface area contributed by atoms with Gasteiger partial charge in [0, 0.05) is 0 Å². The van der Waals surface area contributed by atoms with Crippen LogP contribution in [0.15, 0.2) is 24.3 Å². The summed E-state index contributed by atoms with van der Waals surface area (Å²) in [5.74, 6) is -1.18. The fraction of sp³-hybridized carbons (Fsp3) is 0.364. The van der Waals surface area contributed by atoms with Gasteiger partial charge in [0.15, 0.2) is 0 Å². The van der Waals surface area contributed by atoms with Crippen molar-refractivity contribution in [2.24, 2.45) is 5.73 Å². The van der Waals surface area contributed by atoms with E-state index < -0.39 is 12.1 Å². The number of carbonyl (C=O) groups is 1. The molecule has 1 heterocycles. The van der Waals surface area contributed by atoms with Gasteiger partial charge in [-0.15, -0.1) is 0 Å². The molecule has 1 aromatic rings. The van der Waals surface area contributed by atoms with E-state index in [2.05, 4.69) is 17.9 Å². The highest BCUT2D eigenvalue weighted by Crippen LogP contribution is 2.23. The summed E-state index contributed by atoms with van der Waals surface area (Å²) in [6, 6.07) is 8.25. The lowest BCUT2D eigenvalue weighted by atomic mass is 10.1. The first-order valence-electron chi connectivity index (χ1n) is 4.98. The third-order valence-corrected chi connectivity index (χ3v) is 2.10. The number of ether oxygens (including phenoxy) is 1. The van der Waals surface area contributed by atoms with Crippen LogP contribution in [0.2, 0.25) is 0 Å². The summed E-state index contributed by atoms with van der Waals surface area (Å²) in [4.78, 5) is 9.12. The number of halogens is 3. The Hall–Kier alpha value is -1.72. The van der Waals surface area contributed by atoms with Crippen LogP contribution >= 0.6 is 0 Å². The van der Waals surface area contributed by atoms with Crippen molar-refractivity contribution < 1.29 is 22.7 Å². The van der Waals surface area contributed by atoms with E-state index in [-0.39, 0.29) is 0 Å². The standard InChI is InChI=1S/C9H10O.C2H2F3NO/c1-2-6-9-8(4-1)5-3-7-10-9;3-2(4,5)1(6)7/h1-2,4,6H,3,5,7H2;(H2,6,7). The SMILES string of the molecule is NC(=O)C(F)(F)F.c1ccc2c(c1)CCCO2. The van der Waals surface area contributed by atoms with Crippen LogP contribution in [0, 0.1) is 0 Å². The molecular formula is C11H12F3NO2. The van der Waals surface area contributed by atoms with Gasteiger partial charge in [-0.2, -0.15) is 13.2 Å². The first-order chi connectivity index (χ1) is 7.91. The number of hydrogen-bond acceptors (Lipinski definition) is 2. The van der Waals surface area contributed by atoms with Crippen molar-refractivity contribution in [2.45, 2.75) is 19.0 Å². The number of aryl methyl sites for hydroxylation is 1. The van der Waals surface area contributed by atoms with Gasteiger partial charge < -0.3 is 10.5 Å². The predicted molar refractivity (Wildman–Crippen MR) is 55.5 cm³/mol. The number of benzene rings is 1. The summed E-state index contributed by atoms with van der Waals surface area (Å²) in [6.45, 7) is 0.886. The van der Waals surface area contributed by atoms with Crippen molar-refractivity contribution in [1.29, 1.82) is 0 Å². The first kappa shape index (κ1) is 13.3. The Morgan fingerprint density at radius 2 is 1.88 bits per heavy atom. The van der Waals surface area contributed by atoms with E-state index in [1.807, 2.05) is 12.1 Å². The Kier molecular flexibility index (Phi) is 4.37. The molecule has 2 N–H and O–H groups in total. The number of para-hydroxylation sites is 1. The van der Waals surface area contributed by atoms with Gasteiger partial charge in [-0.1, -0.05) is 18.2 Å². The zero-order valence-electron chi connectivity index (χ0n) is 8.96. The van der Waals surface area contributed by atoms with Crippen LogP contribution in [0.1, 0.15) is 12.0 Å². The minimum Gasteiger partial charge on any atom is -0.493 e. The van der Waals surface area contributed by atoms with Crippen molar-refractivity contribution >= 4 is 5.91 Å². The smallest absolute Gasteiger partial charge is 0.470 e. The van der Waals surface area contributed by atoms with Gasteiger partial charge in [-0.3, -0.25) is 4.79 Å². The molecule has 0 saturated heterocycles. The third kappa shape index (κ3) is 4.34. The molecule has 17 heavy (non-hydrogen) atoms. The molecule has 1 aromatic carbocycles. The number of fused-ring (bicyclic) bond motifs is 1. The molecule has 0 fully saturated rings. The maximum Gasteiger partial charge on any atom is 0.470 e. The van der Waals surface area contributed by atoms with Gasteiger partial charge in [-0.05, 0) is 24.5 Å². The van der Waals surface area contributed by atoms with Crippen molar-refractivity contribution in [1.82, 2.24) is 0 Å². The number of amides is 1. The van der Waals surface area contributed by atoms with Gasteiger partial charge in [0.1, 0.15) is 5.75 Å². The Morgan fingerprint density at radius 3 is 2.41 bits per heavy atom. The third-order valence-electron chi connectivity index (χ3n) is 2.10. The number of carbonyl (C=O) groups excluding carboxylic acids is 1. The topological polar surface area (TPSA) is 52.3 Å². The molecule has 1 amide bonds. The summed E-state index contributed by atoms with van der Waals surface area (Å²) >= 11 is 0. The first-order valence-corrected chi connectivity index (χ1v) is 4.98. The van der Waals surface area contributed by atoms with E-state index in [1.54, 1.807) is 0 Å². The molecule has 0 saturated carbocycles.